The average molecular weight is 282 g/mol. The van der Waals surface area contributed by atoms with E-state index in [9.17, 15) is 14.5 Å². The zero-order valence-electron chi connectivity index (χ0n) is 9.68. The van der Waals surface area contributed by atoms with E-state index in [1.165, 1.54) is 6.07 Å². The Morgan fingerprint density at radius 2 is 1.89 bits per heavy atom. The van der Waals surface area contributed by atoms with Gasteiger partial charge < -0.3 is 4.74 Å². The molecule has 0 fully saturated rings. The third-order valence-corrected chi connectivity index (χ3v) is 2.68. The Bertz CT molecular complexity index is 601. The predicted octanol–water partition coefficient (Wildman–Crippen LogP) is 3.97. The topological polar surface area (TPSA) is 52.4 Å². The maximum Gasteiger partial charge on any atom is 0.304 e. The molecule has 0 unspecified atom stereocenters. The largest absolute Gasteiger partial charge is 0.489 e. The van der Waals surface area contributed by atoms with Crippen LogP contribution < -0.4 is 4.74 Å². The minimum atomic E-state index is -0.873. The van der Waals surface area contributed by atoms with E-state index in [4.69, 9.17) is 16.3 Å². The minimum Gasteiger partial charge on any atom is -0.489 e. The van der Waals surface area contributed by atoms with Crippen molar-refractivity contribution in [2.24, 2.45) is 0 Å². The van der Waals surface area contributed by atoms with Crippen molar-refractivity contribution in [1.29, 1.82) is 0 Å². The van der Waals surface area contributed by atoms with Crippen LogP contribution in [0.25, 0.3) is 0 Å². The molecular weight excluding hydrogens is 273 g/mol. The number of halogens is 2. The summed E-state index contributed by atoms with van der Waals surface area (Å²) in [6.45, 7) is 0.122. The maximum absolute atomic E-state index is 13.4. The van der Waals surface area contributed by atoms with E-state index in [1.807, 2.05) is 0 Å². The van der Waals surface area contributed by atoms with Crippen molar-refractivity contribution in [3.8, 4) is 5.75 Å². The summed E-state index contributed by atoms with van der Waals surface area (Å²) in [5, 5.41) is 11.1. The molecule has 4 nitrogen and oxygen atoms in total. The summed E-state index contributed by atoms with van der Waals surface area (Å²) in [6, 6.07) is 10.4. The molecule has 0 aliphatic heterocycles. The van der Waals surface area contributed by atoms with Gasteiger partial charge in [0.1, 0.15) is 12.4 Å². The number of benzene rings is 2. The molecule has 0 N–H and O–H groups in total. The lowest BCUT2D eigenvalue weighted by Gasteiger charge is -2.06. The summed E-state index contributed by atoms with van der Waals surface area (Å²) in [6.07, 6.45) is 0. The zero-order valence-corrected chi connectivity index (χ0v) is 10.4. The highest BCUT2D eigenvalue weighted by molar-refractivity contribution is 6.30. The molecule has 0 bridgehead atoms. The Hall–Kier alpha value is -2.14. The van der Waals surface area contributed by atoms with Gasteiger partial charge in [0.05, 0.1) is 4.92 Å². The van der Waals surface area contributed by atoms with Gasteiger partial charge in [0.25, 0.3) is 0 Å². The van der Waals surface area contributed by atoms with Crippen LogP contribution in [-0.2, 0) is 6.61 Å². The number of hydrogen-bond donors (Lipinski definition) is 0. The van der Waals surface area contributed by atoms with Crippen molar-refractivity contribution in [3.63, 3.8) is 0 Å². The van der Waals surface area contributed by atoms with E-state index in [0.717, 1.165) is 12.1 Å². The van der Waals surface area contributed by atoms with Gasteiger partial charge in [-0.3, -0.25) is 10.1 Å². The summed E-state index contributed by atoms with van der Waals surface area (Å²) in [7, 11) is 0. The maximum atomic E-state index is 13.4. The van der Waals surface area contributed by atoms with Crippen molar-refractivity contribution in [3.05, 3.63) is 69.0 Å². The molecule has 0 atom stereocenters. The second-order valence-corrected chi connectivity index (χ2v) is 4.22. The average Bonchev–Trinajstić information content (AvgIpc) is 2.37. The van der Waals surface area contributed by atoms with Crippen LogP contribution in [0, 0.1) is 15.9 Å². The standard InChI is InChI=1S/C13H9ClFNO3/c14-10-2-4-11(5-3-10)19-8-9-1-6-13(16(17)18)12(15)7-9/h1-7H,8H2. The van der Waals surface area contributed by atoms with Gasteiger partial charge >= 0.3 is 5.69 Å². The van der Waals surface area contributed by atoms with Gasteiger partial charge in [0, 0.05) is 11.1 Å². The number of ether oxygens (including phenoxy) is 1. The fraction of sp³-hybridized carbons (Fsp3) is 0.0769. The second kappa shape index (κ2) is 5.67. The molecule has 0 aliphatic carbocycles. The van der Waals surface area contributed by atoms with Crippen LogP contribution >= 0.6 is 11.6 Å². The Kier molecular flexibility index (Phi) is 3.97. The normalized spacial score (nSPS) is 10.2. The van der Waals surface area contributed by atoms with Crippen LogP contribution in [0.1, 0.15) is 5.56 Å². The molecule has 0 saturated heterocycles. The van der Waals surface area contributed by atoms with E-state index < -0.39 is 16.4 Å². The van der Waals surface area contributed by atoms with E-state index >= 15 is 0 Å². The molecule has 0 spiro atoms. The van der Waals surface area contributed by atoms with Gasteiger partial charge in [0.15, 0.2) is 0 Å². The molecule has 0 saturated carbocycles. The van der Waals surface area contributed by atoms with Gasteiger partial charge in [-0.05, 0) is 42.0 Å². The van der Waals surface area contributed by atoms with Gasteiger partial charge in [-0.15, -0.1) is 0 Å². The smallest absolute Gasteiger partial charge is 0.304 e. The molecule has 0 aliphatic rings. The number of nitro benzene ring substituents is 1. The van der Waals surface area contributed by atoms with Crippen LogP contribution in [0.2, 0.25) is 5.02 Å². The number of nitro groups is 1. The third-order valence-electron chi connectivity index (χ3n) is 2.43. The molecule has 2 rings (SSSR count). The SMILES string of the molecule is O=[N+]([O-])c1ccc(COc2ccc(Cl)cc2)cc1F. The highest BCUT2D eigenvalue weighted by Gasteiger charge is 2.13. The number of hydrogen-bond acceptors (Lipinski definition) is 3. The summed E-state index contributed by atoms with van der Waals surface area (Å²) >= 11 is 5.73. The fourth-order valence-corrected chi connectivity index (χ4v) is 1.61. The number of nitrogens with zero attached hydrogens (tertiary/aromatic N) is 1. The lowest BCUT2D eigenvalue weighted by molar-refractivity contribution is -0.387. The molecule has 0 aromatic heterocycles. The summed E-state index contributed by atoms with van der Waals surface area (Å²) in [4.78, 5) is 9.70. The van der Waals surface area contributed by atoms with Crippen LogP contribution in [0.5, 0.6) is 5.75 Å². The molecule has 98 valence electrons. The van der Waals surface area contributed by atoms with E-state index in [-0.39, 0.29) is 6.61 Å². The molecule has 0 heterocycles. The van der Waals surface area contributed by atoms with Gasteiger partial charge in [0.2, 0.25) is 5.82 Å². The molecule has 0 amide bonds. The Morgan fingerprint density at radius 3 is 2.47 bits per heavy atom. The van der Waals surface area contributed by atoms with E-state index in [1.54, 1.807) is 24.3 Å². The number of rotatable bonds is 4. The highest BCUT2D eigenvalue weighted by Crippen LogP contribution is 2.20. The first-order valence-electron chi connectivity index (χ1n) is 5.37. The van der Waals surface area contributed by atoms with Crippen molar-refractivity contribution in [2.45, 2.75) is 6.61 Å². The molecule has 0 radical (unpaired) electrons. The van der Waals surface area contributed by atoms with Crippen molar-refractivity contribution in [2.75, 3.05) is 0 Å². The Labute approximate surface area is 113 Å². The molecular formula is C13H9ClFNO3. The molecule has 19 heavy (non-hydrogen) atoms. The van der Waals surface area contributed by atoms with Crippen LogP contribution in [0.3, 0.4) is 0 Å². The molecule has 2 aromatic rings. The van der Waals surface area contributed by atoms with Gasteiger partial charge in [-0.1, -0.05) is 11.6 Å². The molecule has 6 heteroatoms. The van der Waals surface area contributed by atoms with Crippen LogP contribution in [0.4, 0.5) is 10.1 Å². The van der Waals surface area contributed by atoms with E-state index in [2.05, 4.69) is 0 Å². The lowest BCUT2D eigenvalue weighted by atomic mass is 10.2. The van der Waals surface area contributed by atoms with Crippen molar-refractivity contribution < 1.29 is 14.1 Å². The van der Waals surface area contributed by atoms with Crippen LogP contribution in [-0.4, -0.2) is 4.92 Å². The third kappa shape index (κ3) is 3.42. The lowest BCUT2D eigenvalue weighted by Crippen LogP contribution is -1.98. The Morgan fingerprint density at radius 1 is 1.21 bits per heavy atom. The quantitative estimate of drug-likeness (QED) is 0.629. The fourth-order valence-electron chi connectivity index (χ4n) is 1.49. The predicted molar refractivity (Wildman–Crippen MR) is 68.8 cm³/mol. The first-order valence-corrected chi connectivity index (χ1v) is 5.75. The Balaban J connectivity index is 2.06. The van der Waals surface area contributed by atoms with Crippen molar-refractivity contribution >= 4 is 17.3 Å². The van der Waals surface area contributed by atoms with E-state index in [0.29, 0.717) is 16.3 Å². The molecule has 2 aromatic carbocycles. The second-order valence-electron chi connectivity index (χ2n) is 3.79. The first-order chi connectivity index (χ1) is 9.06. The van der Waals surface area contributed by atoms with Crippen LogP contribution in [0.15, 0.2) is 42.5 Å². The van der Waals surface area contributed by atoms with Crippen molar-refractivity contribution in [1.82, 2.24) is 0 Å². The van der Waals surface area contributed by atoms with Gasteiger partial charge in [-0.2, -0.15) is 4.39 Å². The summed E-state index contributed by atoms with van der Waals surface area (Å²) in [5.74, 6) is -0.287. The zero-order chi connectivity index (χ0) is 13.8. The minimum absolute atomic E-state index is 0.122. The summed E-state index contributed by atoms with van der Waals surface area (Å²) < 4.78 is 18.8. The monoisotopic (exact) mass is 281 g/mol. The summed E-state index contributed by atoms with van der Waals surface area (Å²) in [5.41, 5.74) is -0.0340. The highest BCUT2D eigenvalue weighted by atomic mass is 35.5. The first kappa shape index (κ1) is 13.3. The van der Waals surface area contributed by atoms with Gasteiger partial charge in [-0.25, -0.2) is 0 Å².